The van der Waals surface area contributed by atoms with Gasteiger partial charge in [0.2, 0.25) is 5.91 Å². The highest BCUT2D eigenvalue weighted by atomic mass is 16.1. The van der Waals surface area contributed by atoms with Crippen LogP contribution in [0, 0.1) is 5.41 Å². The molecular formula is C11H15N3O. The first-order valence-corrected chi connectivity index (χ1v) is 4.72. The maximum atomic E-state index is 10.8. The van der Waals surface area contributed by atoms with Gasteiger partial charge in [-0.2, -0.15) is 0 Å². The minimum atomic E-state index is -0.0573. The fourth-order valence-corrected chi connectivity index (χ4v) is 1.34. The summed E-state index contributed by atoms with van der Waals surface area (Å²) in [5, 5.41) is 10.0. The van der Waals surface area contributed by atoms with Gasteiger partial charge in [-0.1, -0.05) is 24.3 Å². The largest absolute Gasteiger partial charge is 0.384 e. The lowest BCUT2D eigenvalue weighted by molar-refractivity contribution is -0.119. The second-order valence-electron chi connectivity index (χ2n) is 3.46. The number of amides is 1. The Labute approximate surface area is 89.0 Å². The summed E-state index contributed by atoms with van der Waals surface area (Å²) in [5.74, 6) is -0.00752. The molecule has 4 heteroatoms. The van der Waals surface area contributed by atoms with Crippen LogP contribution in [0.15, 0.2) is 24.3 Å². The molecule has 0 radical (unpaired) electrons. The van der Waals surface area contributed by atoms with Crippen LogP contribution in [0.2, 0.25) is 0 Å². The van der Waals surface area contributed by atoms with Gasteiger partial charge in [0.1, 0.15) is 5.84 Å². The van der Waals surface area contributed by atoms with Crippen LogP contribution in [0.5, 0.6) is 0 Å². The van der Waals surface area contributed by atoms with Crippen molar-refractivity contribution in [2.45, 2.75) is 19.9 Å². The Morgan fingerprint density at radius 3 is 2.33 bits per heavy atom. The van der Waals surface area contributed by atoms with E-state index in [-0.39, 0.29) is 17.8 Å². The fourth-order valence-electron chi connectivity index (χ4n) is 1.34. The van der Waals surface area contributed by atoms with E-state index in [2.05, 4.69) is 5.32 Å². The number of carbonyl (C=O) groups excluding carboxylic acids is 1. The zero-order valence-electron chi connectivity index (χ0n) is 8.87. The molecule has 15 heavy (non-hydrogen) atoms. The normalized spacial score (nSPS) is 11.9. The van der Waals surface area contributed by atoms with Gasteiger partial charge in [0.05, 0.1) is 6.04 Å². The van der Waals surface area contributed by atoms with Gasteiger partial charge in [-0.15, -0.1) is 0 Å². The van der Waals surface area contributed by atoms with Gasteiger partial charge in [0.15, 0.2) is 0 Å². The summed E-state index contributed by atoms with van der Waals surface area (Å²) in [6, 6.07) is 7.24. The van der Waals surface area contributed by atoms with E-state index in [9.17, 15) is 4.79 Å². The SMILES string of the molecule is CC(=O)NC(C)c1ccc(C(=N)N)cc1. The number of nitrogens with two attached hydrogens (primary N) is 1. The second-order valence-corrected chi connectivity index (χ2v) is 3.46. The molecule has 4 nitrogen and oxygen atoms in total. The molecule has 1 amide bonds. The summed E-state index contributed by atoms with van der Waals surface area (Å²) in [7, 11) is 0. The van der Waals surface area contributed by atoms with E-state index in [4.69, 9.17) is 11.1 Å². The molecule has 1 atom stereocenters. The van der Waals surface area contributed by atoms with Crippen LogP contribution in [-0.2, 0) is 4.79 Å². The van der Waals surface area contributed by atoms with Gasteiger partial charge in [-0.25, -0.2) is 0 Å². The molecule has 1 aromatic rings. The zero-order chi connectivity index (χ0) is 11.4. The topological polar surface area (TPSA) is 79.0 Å². The molecule has 0 aliphatic rings. The highest BCUT2D eigenvalue weighted by Gasteiger charge is 2.06. The fraction of sp³-hybridized carbons (Fsp3) is 0.273. The predicted molar refractivity (Wildman–Crippen MR) is 59.7 cm³/mol. The molecule has 0 saturated heterocycles. The number of rotatable bonds is 3. The predicted octanol–water partition coefficient (Wildman–Crippen LogP) is 1.17. The van der Waals surface area contributed by atoms with Gasteiger partial charge < -0.3 is 11.1 Å². The van der Waals surface area contributed by atoms with Crippen LogP contribution in [-0.4, -0.2) is 11.7 Å². The molecular weight excluding hydrogens is 190 g/mol. The van der Waals surface area contributed by atoms with Crippen molar-refractivity contribution >= 4 is 11.7 Å². The van der Waals surface area contributed by atoms with Crippen molar-refractivity contribution in [1.82, 2.24) is 5.32 Å². The zero-order valence-corrected chi connectivity index (χ0v) is 8.87. The molecule has 1 rings (SSSR count). The van der Waals surface area contributed by atoms with E-state index in [0.29, 0.717) is 5.56 Å². The van der Waals surface area contributed by atoms with Gasteiger partial charge in [0.25, 0.3) is 0 Å². The summed E-state index contributed by atoms with van der Waals surface area (Å²) in [6.45, 7) is 3.39. The van der Waals surface area contributed by atoms with Crippen LogP contribution in [0.1, 0.15) is 31.0 Å². The highest BCUT2D eigenvalue weighted by Crippen LogP contribution is 2.12. The van der Waals surface area contributed by atoms with Crippen molar-refractivity contribution in [3.63, 3.8) is 0 Å². The van der Waals surface area contributed by atoms with Crippen LogP contribution in [0.4, 0.5) is 0 Å². The lowest BCUT2D eigenvalue weighted by Crippen LogP contribution is -2.23. The Bertz CT molecular complexity index is 370. The number of hydrogen-bond donors (Lipinski definition) is 3. The van der Waals surface area contributed by atoms with E-state index in [1.165, 1.54) is 6.92 Å². The molecule has 0 spiro atoms. The molecule has 4 N–H and O–H groups in total. The van der Waals surface area contributed by atoms with E-state index < -0.39 is 0 Å². The number of carbonyl (C=O) groups is 1. The van der Waals surface area contributed by atoms with Gasteiger partial charge in [0, 0.05) is 12.5 Å². The van der Waals surface area contributed by atoms with Crippen LogP contribution < -0.4 is 11.1 Å². The standard InChI is InChI=1S/C11H15N3O/c1-7(14-8(2)15)9-3-5-10(6-4-9)11(12)13/h3-7H,1-2H3,(H3,12,13)(H,14,15). The van der Waals surface area contributed by atoms with Crippen molar-refractivity contribution in [1.29, 1.82) is 5.41 Å². The Balaban J connectivity index is 2.79. The smallest absolute Gasteiger partial charge is 0.217 e. The van der Waals surface area contributed by atoms with Gasteiger partial charge in [-0.05, 0) is 12.5 Å². The molecule has 0 heterocycles. The third-order valence-corrected chi connectivity index (χ3v) is 2.14. The third-order valence-electron chi connectivity index (χ3n) is 2.14. The summed E-state index contributed by atoms with van der Waals surface area (Å²) < 4.78 is 0. The van der Waals surface area contributed by atoms with Crippen LogP contribution in [0.25, 0.3) is 0 Å². The molecule has 0 saturated carbocycles. The number of amidine groups is 1. The van der Waals surface area contributed by atoms with Gasteiger partial charge in [-0.3, -0.25) is 10.2 Å². The Kier molecular flexibility index (Phi) is 3.44. The summed E-state index contributed by atoms with van der Waals surface area (Å²) >= 11 is 0. The second kappa shape index (κ2) is 4.59. The summed E-state index contributed by atoms with van der Waals surface area (Å²) in [6.07, 6.45) is 0. The maximum Gasteiger partial charge on any atom is 0.217 e. The van der Waals surface area contributed by atoms with E-state index in [1.807, 2.05) is 19.1 Å². The first-order chi connectivity index (χ1) is 7.00. The molecule has 0 aromatic heterocycles. The van der Waals surface area contributed by atoms with Crippen LogP contribution in [0.3, 0.4) is 0 Å². The first kappa shape index (κ1) is 11.2. The van der Waals surface area contributed by atoms with Crippen molar-refractivity contribution in [2.24, 2.45) is 5.73 Å². The Morgan fingerprint density at radius 2 is 1.93 bits per heavy atom. The monoisotopic (exact) mass is 205 g/mol. The minimum Gasteiger partial charge on any atom is -0.384 e. The molecule has 0 aliphatic heterocycles. The molecule has 80 valence electrons. The minimum absolute atomic E-state index is 0.0245. The Hall–Kier alpha value is -1.84. The van der Waals surface area contributed by atoms with Crippen molar-refractivity contribution in [2.75, 3.05) is 0 Å². The number of nitrogen functional groups attached to an aromatic ring is 1. The van der Waals surface area contributed by atoms with Crippen molar-refractivity contribution < 1.29 is 4.79 Å². The number of nitrogens with one attached hydrogen (secondary N) is 2. The lowest BCUT2D eigenvalue weighted by Gasteiger charge is -2.12. The summed E-state index contributed by atoms with van der Waals surface area (Å²) in [4.78, 5) is 10.8. The van der Waals surface area contributed by atoms with E-state index >= 15 is 0 Å². The van der Waals surface area contributed by atoms with Crippen molar-refractivity contribution in [3.8, 4) is 0 Å². The molecule has 1 aromatic carbocycles. The average molecular weight is 205 g/mol. The molecule has 0 bridgehead atoms. The maximum absolute atomic E-state index is 10.8. The number of benzene rings is 1. The highest BCUT2D eigenvalue weighted by molar-refractivity contribution is 5.94. The third kappa shape index (κ3) is 3.09. The molecule has 1 unspecified atom stereocenters. The summed E-state index contributed by atoms with van der Waals surface area (Å²) in [5.41, 5.74) is 7.02. The van der Waals surface area contributed by atoms with Crippen molar-refractivity contribution in [3.05, 3.63) is 35.4 Å². The molecule has 0 aliphatic carbocycles. The van der Waals surface area contributed by atoms with Gasteiger partial charge >= 0.3 is 0 Å². The van der Waals surface area contributed by atoms with E-state index in [0.717, 1.165) is 5.56 Å². The molecule has 0 fully saturated rings. The quantitative estimate of drug-likeness (QED) is 0.511. The first-order valence-electron chi connectivity index (χ1n) is 4.72. The average Bonchev–Trinajstić information content (AvgIpc) is 2.17. The number of hydrogen-bond acceptors (Lipinski definition) is 2. The van der Waals surface area contributed by atoms with E-state index in [1.54, 1.807) is 12.1 Å². The van der Waals surface area contributed by atoms with Crippen LogP contribution >= 0.6 is 0 Å². The Morgan fingerprint density at radius 1 is 1.40 bits per heavy atom. The lowest BCUT2D eigenvalue weighted by atomic mass is 10.1.